The maximum Gasteiger partial charge on any atom is 0.258 e. The van der Waals surface area contributed by atoms with E-state index in [-0.39, 0.29) is 11.4 Å². The number of benzene rings is 1. The standard InChI is InChI=1S/C27H36N8O2S/c1-27(7-9-34(10-8-27)26(37)35-13-11-33(2)12-14-35)32-25-29-17-20(18-30-25)24(36)31-22-16-19(5-6-21(22)28)23-4-3-15-38-23/h3-6,15-18,26,37H,7-14,28H2,1-2H3,(H,31,36)(H,29,30,32). The Bertz CT molecular complexity index is 1220. The van der Waals surface area contributed by atoms with Gasteiger partial charge in [0, 0.05) is 62.1 Å². The highest BCUT2D eigenvalue weighted by Crippen LogP contribution is 2.31. The number of thiophene rings is 1. The minimum Gasteiger partial charge on any atom is -0.397 e. The van der Waals surface area contributed by atoms with Crippen LogP contribution >= 0.6 is 11.3 Å². The minimum atomic E-state index is -0.540. The van der Waals surface area contributed by atoms with Gasteiger partial charge < -0.3 is 26.4 Å². The maximum absolute atomic E-state index is 12.9. The van der Waals surface area contributed by atoms with Crippen LogP contribution in [0.1, 0.15) is 30.1 Å². The molecule has 1 amide bonds. The average molecular weight is 537 g/mol. The number of carbonyl (C=O) groups excluding carboxylic acids is 1. The van der Waals surface area contributed by atoms with E-state index in [0.29, 0.717) is 22.9 Å². The molecule has 0 saturated carbocycles. The SMILES string of the molecule is CN1CCN(C(O)N2CCC(C)(Nc3ncc(C(=O)Nc4cc(-c5cccs5)ccc4N)cn3)CC2)CC1. The first-order valence-electron chi connectivity index (χ1n) is 13.0. The van der Waals surface area contributed by atoms with Crippen LogP contribution in [0.5, 0.6) is 0 Å². The van der Waals surface area contributed by atoms with Crippen molar-refractivity contribution in [3.8, 4) is 10.4 Å². The van der Waals surface area contributed by atoms with E-state index in [1.807, 2.05) is 29.6 Å². The zero-order chi connectivity index (χ0) is 26.7. The Morgan fingerprint density at radius 2 is 1.76 bits per heavy atom. The molecule has 4 heterocycles. The first-order chi connectivity index (χ1) is 18.3. The number of piperidine rings is 1. The van der Waals surface area contributed by atoms with E-state index in [1.54, 1.807) is 17.4 Å². The number of nitrogen functional groups attached to an aromatic ring is 1. The van der Waals surface area contributed by atoms with E-state index in [0.717, 1.165) is 62.6 Å². The predicted molar refractivity (Wildman–Crippen MR) is 152 cm³/mol. The molecule has 2 fully saturated rings. The molecule has 3 aromatic rings. The lowest BCUT2D eigenvalue weighted by atomic mass is 9.90. The average Bonchev–Trinajstić information content (AvgIpc) is 3.46. The molecule has 38 heavy (non-hydrogen) atoms. The third-order valence-electron chi connectivity index (χ3n) is 7.53. The van der Waals surface area contributed by atoms with Gasteiger partial charge in [-0.05, 0) is 56.0 Å². The molecule has 11 heteroatoms. The summed E-state index contributed by atoms with van der Waals surface area (Å²) >= 11 is 1.63. The summed E-state index contributed by atoms with van der Waals surface area (Å²) in [5.41, 5.74) is 8.32. The summed E-state index contributed by atoms with van der Waals surface area (Å²) in [6, 6.07) is 9.64. The zero-order valence-electron chi connectivity index (χ0n) is 21.9. The summed E-state index contributed by atoms with van der Waals surface area (Å²) in [5.74, 6) is 0.167. The largest absolute Gasteiger partial charge is 0.397 e. The van der Waals surface area contributed by atoms with Crippen molar-refractivity contribution in [1.82, 2.24) is 24.7 Å². The van der Waals surface area contributed by atoms with Gasteiger partial charge in [0.15, 0.2) is 6.35 Å². The highest BCUT2D eigenvalue weighted by Gasteiger charge is 2.35. The molecule has 5 rings (SSSR count). The van der Waals surface area contributed by atoms with E-state index in [4.69, 9.17) is 5.73 Å². The minimum absolute atomic E-state index is 0.196. The van der Waals surface area contributed by atoms with Gasteiger partial charge >= 0.3 is 0 Å². The van der Waals surface area contributed by atoms with Gasteiger partial charge in [0.2, 0.25) is 5.95 Å². The molecule has 2 aromatic heterocycles. The van der Waals surface area contributed by atoms with Crippen molar-refractivity contribution >= 4 is 34.6 Å². The summed E-state index contributed by atoms with van der Waals surface area (Å²) in [6.07, 6.45) is 4.22. The second-order valence-corrected chi connectivity index (χ2v) is 11.4. The quantitative estimate of drug-likeness (QED) is 0.338. The molecule has 2 saturated heterocycles. The van der Waals surface area contributed by atoms with E-state index in [1.165, 1.54) is 12.4 Å². The number of nitrogens with one attached hydrogen (secondary N) is 2. The number of aromatic nitrogens is 2. The van der Waals surface area contributed by atoms with Crippen molar-refractivity contribution in [2.24, 2.45) is 0 Å². The van der Waals surface area contributed by atoms with Gasteiger partial charge in [-0.1, -0.05) is 12.1 Å². The molecule has 5 N–H and O–H groups in total. The van der Waals surface area contributed by atoms with Crippen LogP contribution in [0.2, 0.25) is 0 Å². The molecule has 2 aliphatic heterocycles. The fourth-order valence-electron chi connectivity index (χ4n) is 4.89. The fourth-order valence-corrected chi connectivity index (χ4v) is 5.62. The fraction of sp³-hybridized carbons (Fsp3) is 0.444. The first kappa shape index (κ1) is 26.5. The van der Waals surface area contributed by atoms with Gasteiger partial charge in [-0.2, -0.15) is 0 Å². The molecule has 1 atom stereocenters. The monoisotopic (exact) mass is 536 g/mol. The van der Waals surface area contributed by atoms with Crippen LogP contribution in [0, 0.1) is 0 Å². The number of aliphatic hydroxyl groups is 1. The Morgan fingerprint density at radius 1 is 1.08 bits per heavy atom. The molecule has 2 aliphatic rings. The number of amides is 1. The van der Waals surface area contributed by atoms with Crippen LogP contribution in [-0.4, -0.2) is 93.9 Å². The lowest BCUT2D eigenvalue weighted by Crippen LogP contribution is -2.58. The molecule has 0 bridgehead atoms. The zero-order valence-corrected chi connectivity index (χ0v) is 22.7. The Kier molecular flexibility index (Phi) is 7.91. The van der Waals surface area contributed by atoms with Gasteiger partial charge in [-0.15, -0.1) is 11.3 Å². The van der Waals surface area contributed by atoms with Crippen LogP contribution in [0.4, 0.5) is 17.3 Å². The molecule has 0 spiro atoms. The van der Waals surface area contributed by atoms with Crippen LogP contribution in [-0.2, 0) is 0 Å². The summed E-state index contributed by atoms with van der Waals surface area (Å²) in [4.78, 5) is 29.4. The summed E-state index contributed by atoms with van der Waals surface area (Å²) in [5, 5.41) is 19.2. The van der Waals surface area contributed by atoms with Crippen molar-refractivity contribution in [1.29, 1.82) is 0 Å². The number of hydrogen-bond acceptors (Lipinski definition) is 10. The number of nitrogens with two attached hydrogens (primary N) is 1. The number of likely N-dealkylation sites (tertiary alicyclic amines) is 1. The molecule has 10 nitrogen and oxygen atoms in total. The van der Waals surface area contributed by atoms with Crippen LogP contribution in [0.3, 0.4) is 0 Å². The molecule has 1 aromatic carbocycles. The second-order valence-electron chi connectivity index (χ2n) is 10.4. The number of hydrogen-bond donors (Lipinski definition) is 4. The van der Waals surface area contributed by atoms with Crippen molar-refractivity contribution in [2.45, 2.75) is 31.7 Å². The predicted octanol–water partition coefficient (Wildman–Crippen LogP) is 2.83. The number of carbonyl (C=O) groups is 1. The van der Waals surface area contributed by atoms with Gasteiger partial charge in [0.1, 0.15) is 0 Å². The molecular weight excluding hydrogens is 500 g/mol. The number of piperazine rings is 1. The van der Waals surface area contributed by atoms with Crippen LogP contribution < -0.4 is 16.4 Å². The first-order valence-corrected chi connectivity index (χ1v) is 13.9. The Balaban J connectivity index is 1.15. The Hall–Kier alpha value is -3.09. The van der Waals surface area contributed by atoms with Gasteiger partial charge in [-0.25, -0.2) is 9.97 Å². The van der Waals surface area contributed by atoms with Crippen molar-refractivity contribution in [3.63, 3.8) is 0 Å². The van der Waals surface area contributed by atoms with E-state index >= 15 is 0 Å². The lowest BCUT2D eigenvalue weighted by Gasteiger charge is -2.45. The number of nitrogens with zero attached hydrogens (tertiary/aromatic N) is 5. The third-order valence-corrected chi connectivity index (χ3v) is 8.45. The smallest absolute Gasteiger partial charge is 0.258 e. The summed E-state index contributed by atoms with van der Waals surface area (Å²) in [7, 11) is 2.11. The highest BCUT2D eigenvalue weighted by molar-refractivity contribution is 7.13. The maximum atomic E-state index is 12.9. The third kappa shape index (κ3) is 6.13. The normalized spacial score (nSPS) is 19.7. The topological polar surface area (TPSA) is 123 Å². The Labute approximate surface area is 227 Å². The summed E-state index contributed by atoms with van der Waals surface area (Å²) < 4.78 is 0. The van der Waals surface area contributed by atoms with Crippen molar-refractivity contribution in [3.05, 3.63) is 53.7 Å². The number of aliphatic hydroxyl groups excluding tert-OH is 1. The lowest BCUT2D eigenvalue weighted by molar-refractivity contribution is -0.132. The van der Waals surface area contributed by atoms with Crippen LogP contribution in [0.15, 0.2) is 48.1 Å². The van der Waals surface area contributed by atoms with E-state index in [2.05, 4.69) is 49.3 Å². The van der Waals surface area contributed by atoms with Gasteiger partial charge in [-0.3, -0.25) is 14.6 Å². The van der Waals surface area contributed by atoms with Gasteiger partial charge in [0.05, 0.1) is 16.9 Å². The van der Waals surface area contributed by atoms with Gasteiger partial charge in [0.25, 0.3) is 5.91 Å². The Morgan fingerprint density at radius 3 is 2.42 bits per heavy atom. The van der Waals surface area contributed by atoms with Crippen molar-refractivity contribution in [2.75, 3.05) is 62.7 Å². The summed E-state index contributed by atoms with van der Waals surface area (Å²) in [6.45, 7) is 7.43. The molecule has 0 radical (unpaired) electrons. The van der Waals surface area contributed by atoms with Crippen molar-refractivity contribution < 1.29 is 9.90 Å². The molecule has 1 unspecified atom stereocenters. The van der Waals surface area contributed by atoms with E-state index < -0.39 is 6.35 Å². The number of rotatable bonds is 7. The second kappa shape index (κ2) is 11.3. The number of likely N-dealkylation sites (N-methyl/N-ethyl adjacent to an activating group) is 1. The number of anilines is 3. The van der Waals surface area contributed by atoms with Crippen LogP contribution in [0.25, 0.3) is 10.4 Å². The molecular formula is C27H36N8O2S. The van der Waals surface area contributed by atoms with E-state index in [9.17, 15) is 9.90 Å². The highest BCUT2D eigenvalue weighted by atomic mass is 32.1. The molecule has 0 aliphatic carbocycles. The molecule has 202 valence electrons.